The third kappa shape index (κ3) is 2.36. The lowest BCUT2D eigenvalue weighted by Gasteiger charge is -2.48. The van der Waals surface area contributed by atoms with Crippen LogP contribution >= 0.6 is 0 Å². The largest absolute Gasteiger partial charge is 0.372 e. The summed E-state index contributed by atoms with van der Waals surface area (Å²) < 4.78 is 6.39. The van der Waals surface area contributed by atoms with Crippen LogP contribution in [0.4, 0.5) is 0 Å². The molecule has 0 aromatic carbocycles. The zero-order valence-corrected chi connectivity index (χ0v) is 13.4. The number of allylic oxidation sites excluding steroid dienone is 2. The van der Waals surface area contributed by atoms with Gasteiger partial charge in [0.1, 0.15) is 0 Å². The van der Waals surface area contributed by atoms with Crippen LogP contribution in [0.25, 0.3) is 0 Å². The highest BCUT2D eigenvalue weighted by Gasteiger charge is 2.54. The molecule has 2 saturated carbocycles. The molecule has 0 aliphatic heterocycles. The maximum Gasteiger partial charge on any atom is 0.155 e. The second-order valence-corrected chi connectivity index (χ2v) is 8.24. The van der Waals surface area contributed by atoms with Gasteiger partial charge in [-0.25, -0.2) is 0 Å². The highest BCUT2D eigenvalue weighted by Crippen LogP contribution is 2.59. The van der Waals surface area contributed by atoms with Crippen LogP contribution in [0, 0.1) is 17.3 Å². The average Bonchev–Trinajstić information content (AvgIpc) is 2.65. The Morgan fingerprint density at radius 3 is 2.65 bits per heavy atom. The maximum absolute atomic E-state index is 11.6. The van der Waals surface area contributed by atoms with Crippen LogP contribution in [0.3, 0.4) is 0 Å². The number of ether oxygens (including phenoxy) is 1. The first kappa shape index (κ1) is 14.3. The molecule has 0 radical (unpaired) electrons. The molecule has 4 atom stereocenters. The van der Waals surface area contributed by atoms with Gasteiger partial charge in [0.15, 0.2) is 5.78 Å². The molecule has 0 spiro atoms. The van der Waals surface area contributed by atoms with Gasteiger partial charge in [0.05, 0.1) is 11.7 Å². The van der Waals surface area contributed by atoms with Crippen molar-refractivity contribution in [2.75, 3.05) is 0 Å². The summed E-state index contributed by atoms with van der Waals surface area (Å²) in [5, 5.41) is 0. The van der Waals surface area contributed by atoms with Crippen molar-refractivity contribution in [3.8, 4) is 0 Å². The third-order valence-electron chi connectivity index (χ3n) is 5.78. The fourth-order valence-electron chi connectivity index (χ4n) is 4.86. The molecule has 0 heterocycles. The lowest BCUT2D eigenvalue weighted by Crippen LogP contribution is -2.44. The number of ketones is 1. The molecule has 3 aliphatic carbocycles. The molecule has 0 N–H and O–H groups in total. The summed E-state index contributed by atoms with van der Waals surface area (Å²) in [6, 6.07) is 0. The zero-order valence-electron chi connectivity index (χ0n) is 13.4. The molecule has 112 valence electrons. The van der Waals surface area contributed by atoms with Gasteiger partial charge >= 0.3 is 0 Å². The Balaban J connectivity index is 1.83. The van der Waals surface area contributed by atoms with Crippen molar-refractivity contribution in [1.82, 2.24) is 0 Å². The molecule has 20 heavy (non-hydrogen) atoms. The van der Waals surface area contributed by atoms with Crippen LogP contribution in [0.15, 0.2) is 11.6 Å². The minimum atomic E-state index is -0.0544. The van der Waals surface area contributed by atoms with Gasteiger partial charge in [0, 0.05) is 6.42 Å². The van der Waals surface area contributed by atoms with Crippen molar-refractivity contribution in [1.29, 1.82) is 0 Å². The number of rotatable bonds is 1. The van der Waals surface area contributed by atoms with Crippen molar-refractivity contribution in [3.05, 3.63) is 11.6 Å². The second-order valence-electron chi connectivity index (χ2n) is 8.24. The summed E-state index contributed by atoms with van der Waals surface area (Å²) in [6.07, 6.45) is 8.95. The summed E-state index contributed by atoms with van der Waals surface area (Å²) in [5.41, 5.74) is 1.71. The van der Waals surface area contributed by atoms with E-state index in [4.69, 9.17) is 4.74 Å². The van der Waals surface area contributed by atoms with E-state index in [0.29, 0.717) is 23.2 Å². The molecule has 3 rings (SSSR count). The fraction of sp³-hybridized carbons (Fsp3) is 0.833. The van der Waals surface area contributed by atoms with Crippen molar-refractivity contribution >= 4 is 5.78 Å². The zero-order chi connectivity index (χ0) is 14.5. The van der Waals surface area contributed by atoms with Gasteiger partial charge < -0.3 is 4.74 Å². The Kier molecular flexibility index (Phi) is 3.36. The van der Waals surface area contributed by atoms with Crippen LogP contribution < -0.4 is 0 Å². The van der Waals surface area contributed by atoms with Gasteiger partial charge in [-0.1, -0.05) is 12.5 Å². The number of hydrogen-bond donors (Lipinski definition) is 0. The molecular weight excluding hydrogens is 248 g/mol. The average molecular weight is 276 g/mol. The highest BCUT2D eigenvalue weighted by atomic mass is 16.5. The number of fused-ring (bicyclic) bond motifs is 3. The van der Waals surface area contributed by atoms with Crippen LogP contribution in [0.1, 0.15) is 66.2 Å². The molecule has 2 fully saturated rings. The Morgan fingerprint density at radius 2 is 1.95 bits per heavy atom. The Bertz CT molecular complexity index is 443. The quantitative estimate of drug-likeness (QED) is 0.714. The first-order valence-corrected chi connectivity index (χ1v) is 8.21. The molecule has 0 bridgehead atoms. The van der Waals surface area contributed by atoms with Gasteiger partial charge in [-0.15, -0.1) is 0 Å². The van der Waals surface area contributed by atoms with E-state index in [-0.39, 0.29) is 5.60 Å². The molecule has 0 aromatic rings. The molecular formula is C18H28O2. The van der Waals surface area contributed by atoms with Crippen molar-refractivity contribution < 1.29 is 9.53 Å². The third-order valence-corrected chi connectivity index (χ3v) is 5.78. The first-order valence-electron chi connectivity index (χ1n) is 8.21. The van der Waals surface area contributed by atoms with Crippen LogP contribution in [0.2, 0.25) is 0 Å². The van der Waals surface area contributed by atoms with Crippen molar-refractivity contribution in [2.24, 2.45) is 17.3 Å². The molecule has 0 unspecified atom stereocenters. The van der Waals surface area contributed by atoms with Gasteiger partial charge in [-0.2, -0.15) is 0 Å². The molecule has 0 aromatic heterocycles. The van der Waals surface area contributed by atoms with Gasteiger partial charge in [-0.3, -0.25) is 4.79 Å². The summed E-state index contributed by atoms with van der Waals surface area (Å²) in [6.45, 7) is 8.93. The fourth-order valence-corrected chi connectivity index (χ4v) is 4.86. The first-order chi connectivity index (χ1) is 9.29. The standard InChI is InChI=1S/C18H28O2/c1-17(2,3)20-16-8-7-15-14-6-5-13(19)11-12(14)9-10-18(15,16)4/h11,14-16H,5-10H2,1-4H3/t14-,15+,16+,18+/m0/s1. The summed E-state index contributed by atoms with van der Waals surface area (Å²) in [4.78, 5) is 11.6. The second kappa shape index (κ2) is 4.69. The number of carbonyl (C=O) groups is 1. The van der Waals surface area contributed by atoms with Crippen molar-refractivity contribution in [2.45, 2.75) is 77.9 Å². The van der Waals surface area contributed by atoms with E-state index in [1.165, 1.54) is 24.8 Å². The summed E-state index contributed by atoms with van der Waals surface area (Å²) in [7, 11) is 0. The molecule has 2 nitrogen and oxygen atoms in total. The van der Waals surface area contributed by atoms with E-state index in [2.05, 4.69) is 27.7 Å². The lowest BCUT2D eigenvalue weighted by atomic mass is 9.59. The van der Waals surface area contributed by atoms with E-state index in [0.717, 1.165) is 25.2 Å². The minimum Gasteiger partial charge on any atom is -0.372 e. The predicted molar refractivity (Wildman–Crippen MR) is 80.5 cm³/mol. The van der Waals surface area contributed by atoms with Gasteiger partial charge in [0.25, 0.3) is 0 Å². The maximum atomic E-state index is 11.6. The van der Waals surface area contributed by atoms with E-state index in [9.17, 15) is 4.79 Å². The number of carbonyl (C=O) groups excluding carboxylic acids is 1. The topological polar surface area (TPSA) is 26.3 Å². The van der Waals surface area contributed by atoms with Crippen LogP contribution in [-0.4, -0.2) is 17.5 Å². The normalized spacial score (nSPS) is 41.1. The summed E-state index contributed by atoms with van der Waals surface area (Å²) in [5.74, 6) is 1.73. The van der Waals surface area contributed by atoms with Crippen LogP contribution in [-0.2, 0) is 9.53 Å². The highest BCUT2D eigenvalue weighted by molar-refractivity contribution is 5.91. The van der Waals surface area contributed by atoms with Gasteiger partial charge in [0.2, 0.25) is 0 Å². The molecule has 2 heteroatoms. The Hall–Kier alpha value is -0.630. The lowest BCUT2D eigenvalue weighted by molar-refractivity contribution is -0.121. The van der Waals surface area contributed by atoms with Gasteiger partial charge in [-0.05, 0) is 76.2 Å². The van der Waals surface area contributed by atoms with Crippen molar-refractivity contribution in [3.63, 3.8) is 0 Å². The van der Waals surface area contributed by atoms with E-state index in [1.807, 2.05) is 6.08 Å². The van der Waals surface area contributed by atoms with Crippen LogP contribution in [0.5, 0.6) is 0 Å². The number of hydrogen-bond acceptors (Lipinski definition) is 2. The van der Waals surface area contributed by atoms with E-state index >= 15 is 0 Å². The predicted octanol–water partition coefficient (Wildman–Crippen LogP) is 4.29. The Morgan fingerprint density at radius 1 is 1.20 bits per heavy atom. The monoisotopic (exact) mass is 276 g/mol. The molecule has 0 amide bonds. The Labute approximate surface area is 123 Å². The molecule has 3 aliphatic rings. The summed E-state index contributed by atoms with van der Waals surface area (Å²) >= 11 is 0. The minimum absolute atomic E-state index is 0.0544. The molecule has 0 saturated heterocycles. The van der Waals surface area contributed by atoms with E-state index < -0.39 is 0 Å². The smallest absolute Gasteiger partial charge is 0.155 e. The van der Waals surface area contributed by atoms with E-state index in [1.54, 1.807) is 0 Å². The SMILES string of the molecule is CC(C)(C)O[C@@H]1CC[C@@H]2[C@H]3CCC(=O)C=C3CC[C@]21C.